The minimum atomic E-state index is -0.296. The number of nitrogens with two attached hydrogens (primary N) is 1. The second-order valence-electron chi connectivity index (χ2n) is 6.01. The Morgan fingerprint density at radius 3 is 2.76 bits per heavy atom. The molecule has 0 saturated carbocycles. The van der Waals surface area contributed by atoms with Gasteiger partial charge in [-0.3, -0.25) is 4.79 Å². The third kappa shape index (κ3) is 3.82. The van der Waals surface area contributed by atoms with Gasteiger partial charge in [0.2, 0.25) is 5.91 Å². The summed E-state index contributed by atoms with van der Waals surface area (Å²) >= 11 is 0. The number of nitrogens with one attached hydrogen (secondary N) is 1. The number of anilines is 3. The molecule has 1 heterocycles. The van der Waals surface area contributed by atoms with Crippen LogP contribution in [-0.2, 0) is 11.2 Å². The lowest BCUT2D eigenvalue weighted by molar-refractivity contribution is -0.117. The number of halogens is 1. The molecule has 0 fully saturated rings. The van der Waals surface area contributed by atoms with Crippen LogP contribution in [0.2, 0.25) is 0 Å². The summed E-state index contributed by atoms with van der Waals surface area (Å²) in [5.41, 5.74) is 9.78. The van der Waals surface area contributed by atoms with Crippen molar-refractivity contribution in [3.05, 3.63) is 48.0 Å². The van der Waals surface area contributed by atoms with Crippen LogP contribution in [0.5, 0.6) is 5.75 Å². The van der Waals surface area contributed by atoms with Gasteiger partial charge in [0, 0.05) is 17.9 Å². The summed E-state index contributed by atoms with van der Waals surface area (Å²) in [5.74, 6) is 0.594. The molecule has 1 aliphatic heterocycles. The molecule has 0 saturated heterocycles. The second-order valence-corrected chi connectivity index (χ2v) is 6.01. The van der Waals surface area contributed by atoms with E-state index >= 15 is 0 Å². The Bertz CT molecular complexity index is 751. The Kier molecular flexibility index (Phi) is 6.15. The molecule has 2 aromatic rings. The molecule has 1 unspecified atom stereocenters. The van der Waals surface area contributed by atoms with Gasteiger partial charge in [0.15, 0.2) is 0 Å². The summed E-state index contributed by atoms with van der Waals surface area (Å²) in [6.07, 6.45) is 1.95. The van der Waals surface area contributed by atoms with Gasteiger partial charge < -0.3 is 20.7 Å². The van der Waals surface area contributed by atoms with Gasteiger partial charge in [-0.2, -0.15) is 0 Å². The van der Waals surface area contributed by atoms with Gasteiger partial charge >= 0.3 is 0 Å². The number of carbonyl (C=O) groups is 1. The molecular weight excluding hydrogens is 338 g/mol. The Hall–Kier alpha value is -2.40. The molecule has 1 amide bonds. The zero-order valence-corrected chi connectivity index (χ0v) is 15.3. The topological polar surface area (TPSA) is 67.6 Å². The standard InChI is InChI=1S/C19H23N3O2.ClH/c1-13(19(23)21-16-9-3-4-11-18(16)24-2)22-12-6-7-14-15(20)8-5-10-17(14)22;/h3-5,8-11,13H,6-7,12,20H2,1-2H3,(H,21,23);1H. The van der Waals surface area contributed by atoms with E-state index in [1.54, 1.807) is 7.11 Å². The molecule has 5 nitrogen and oxygen atoms in total. The molecule has 25 heavy (non-hydrogen) atoms. The zero-order valence-electron chi connectivity index (χ0n) is 14.5. The van der Waals surface area contributed by atoms with Gasteiger partial charge in [0.1, 0.15) is 11.8 Å². The van der Waals surface area contributed by atoms with Crippen LogP contribution in [-0.4, -0.2) is 25.6 Å². The van der Waals surface area contributed by atoms with E-state index in [0.717, 1.165) is 36.3 Å². The molecule has 3 rings (SSSR count). The molecular formula is C19H24ClN3O2. The number of nitrogens with zero attached hydrogens (tertiary/aromatic N) is 1. The van der Waals surface area contributed by atoms with Crippen molar-refractivity contribution in [2.24, 2.45) is 0 Å². The molecule has 0 radical (unpaired) electrons. The SMILES string of the molecule is COc1ccccc1NC(=O)C(C)N1CCCc2c(N)cccc21.Cl. The van der Waals surface area contributed by atoms with Gasteiger partial charge in [0.25, 0.3) is 0 Å². The van der Waals surface area contributed by atoms with Crippen molar-refractivity contribution < 1.29 is 9.53 Å². The summed E-state index contributed by atoms with van der Waals surface area (Å²) in [5, 5.41) is 2.97. The monoisotopic (exact) mass is 361 g/mol. The number of ether oxygens (including phenoxy) is 1. The number of para-hydroxylation sites is 2. The third-order valence-corrected chi connectivity index (χ3v) is 4.53. The maximum absolute atomic E-state index is 12.7. The highest BCUT2D eigenvalue weighted by atomic mass is 35.5. The summed E-state index contributed by atoms with van der Waals surface area (Å²) < 4.78 is 5.30. The molecule has 0 spiro atoms. The highest BCUT2D eigenvalue weighted by Gasteiger charge is 2.27. The van der Waals surface area contributed by atoms with E-state index in [2.05, 4.69) is 10.2 Å². The molecule has 0 aliphatic carbocycles. The van der Waals surface area contributed by atoms with Crippen LogP contribution < -0.4 is 20.7 Å². The van der Waals surface area contributed by atoms with Crippen LogP contribution in [0.1, 0.15) is 18.9 Å². The fourth-order valence-electron chi connectivity index (χ4n) is 3.21. The number of fused-ring (bicyclic) bond motifs is 1. The lowest BCUT2D eigenvalue weighted by Crippen LogP contribution is -2.44. The van der Waals surface area contributed by atoms with Crippen molar-refractivity contribution in [1.82, 2.24) is 0 Å². The average Bonchev–Trinajstić information content (AvgIpc) is 2.61. The molecule has 0 bridgehead atoms. The van der Waals surface area contributed by atoms with E-state index < -0.39 is 0 Å². The first-order valence-corrected chi connectivity index (χ1v) is 8.19. The van der Waals surface area contributed by atoms with Crippen molar-refractivity contribution in [1.29, 1.82) is 0 Å². The van der Waals surface area contributed by atoms with Gasteiger partial charge in [-0.05, 0) is 49.6 Å². The predicted octanol–water partition coefficient (Wildman–Crippen LogP) is 3.48. The fourth-order valence-corrected chi connectivity index (χ4v) is 3.21. The first-order valence-electron chi connectivity index (χ1n) is 8.19. The van der Waals surface area contributed by atoms with E-state index in [1.165, 1.54) is 0 Å². The van der Waals surface area contributed by atoms with E-state index in [4.69, 9.17) is 10.5 Å². The van der Waals surface area contributed by atoms with E-state index in [1.807, 2.05) is 49.4 Å². The molecule has 1 aliphatic rings. The number of nitrogen functional groups attached to an aromatic ring is 1. The quantitative estimate of drug-likeness (QED) is 0.818. The van der Waals surface area contributed by atoms with Crippen molar-refractivity contribution in [3.8, 4) is 5.75 Å². The first kappa shape index (κ1) is 18.9. The Morgan fingerprint density at radius 1 is 1.24 bits per heavy atom. The van der Waals surface area contributed by atoms with Crippen LogP contribution in [0.3, 0.4) is 0 Å². The molecule has 2 aromatic carbocycles. The number of benzene rings is 2. The number of rotatable bonds is 4. The van der Waals surface area contributed by atoms with Gasteiger partial charge in [-0.15, -0.1) is 12.4 Å². The van der Waals surface area contributed by atoms with Crippen molar-refractivity contribution in [2.45, 2.75) is 25.8 Å². The normalized spacial score (nSPS) is 14.1. The fraction of sp³-hybridized carbons (Fsp3) is 0.316. The summed E-state index contributed by atoms with van der Waals surface area (Å²) in [7, 11) is 1.60. The minimum absolute atomic E-state index is 0. The summed E-state index contributed by atoms with van der Waals surface area (Å²) in [6.45, 7) is 2.76. The lowest BCUT2D eigenvalue weighted by Gasteiger charge is -2.36. The number of amides is 1. The third-order valence-electron chi connectivity index (χ3n) is 4.53. The summed E-state index contributed by atoms with van der Waals surface area (Å²) in [4.78, 5) is 14.9. The van der Waals surface area contributed by atoms with E-state index in [-0.39, 0.29) is 24.4 Å². The van der Waals surface area contributed by atoms with Gasteiger partial charge in [-0.25, -0.2) is 0 Å². The van der Waals surface area contributed by atoms with Crippen LogP contribution >= 0.6 is 12.4 Å². The largest absolute Gasteiger partial charge is 0.495 e. The highest BCUT2D eigenvalue weighted by Crippen LogP contribution is 2.33. The predicted molar refractivity (Wildman–Crippen MR) is 105 cm³/mol. The average molecular weight is 362 g/mol. The minimum Gasteiger partial charge on any atom is -0.495 e. The van der Waals surface area contributed by atoms with Crippen molar-refractivity contribution in [2.75, 3.05) is 29.6 Å². The Morgan fingerprint density at radius 2 is 2.00 bits per heavy atom. The smallest absolute Gasteiger partial charge is 0.246 e. The van der Waals surface area contributed by atoms with E-state index in [0.29, 0.717) is 11.4 Å². The maximum Gasteiger partial charge on any atom is 0.246 e. The number of methoxy groups -OCH3 is 1. The van der Waals surface area contributed by atoms with Crippen LogP contribution in [0.15, 0.2) is 42.5 Å². The van der Waals surface area contributed by atoms with E-state index in [9.17, 15) is 4.79 Å². The molecule has 0 aromatic heterocycles. The van der Waals surface area contributed by atoms with Crippen molar-refractivity contribution in [3.63, 3.8) is 0 Å². The zero-order chi connectivity index (χ0) is 17.1. The number of hydrogen-bond donors (Lipinski definition) is 2. The molecule has 6 heteroatoms. The Labute approximate surface area is 154 Å². The number of carbonyl (C=O) groups excluding carboxylic acids is 1. The Balaban J connectivity index is 0.00000225. The van der Waals surface area contributed by atoms with Crippen LogP contribution in [0.25, 0.3) is 0 Å². The van der Waals surface area contributed by atoms with Crippen LogP contribution in [0, 0.1) is 0 Å². The van der Waals surface area contributed by atoms with Crippen LogP contribution in [0.4, 0.5) is 17.1 Å². The van der Waals surface area contributed by atoms with Gasteiger partial charge in [0.05, 0.1) is 12.8 Å². The lowest BCUT2D eigenvalue weighted by atomic mass is 9.98. The molecule has 134 valence electrons. The van der Waals surface area contributed by atoms with Crippen molar-refractivity contribution >= 4 is 35.4 Å². The maximum atomic E-state index is 12.7. The van der Waals surface area contributed by atoms with Gasteiger partial charge in [-0.1, -0.05) is 18.2 Å². The molecule has 1 atom stereocenters. The summed E-state index contributed by atoms with van der Waals surface area (Å²) in [6, 6.07) is 13.0. The second kappa shape index (κ2) is 8.12. The highest BCUT2D eigenvalue weighted by molar-refractivity contribution is 5.98. The first-order chi connectivity index (χ1) is 11.6. The molecule has 3 N–H and O–H groups in total. The number of hydrogen-bond acceptors (Lipinski definition) is 4.